The summed E-state index contributed by atoms with van der Waals surface area (Å²) in [5, 5.41) is 0. The van der Waals surface area contributed by atoms with E-state index in [0.29, 0.717) is 5.92 Å². The zero-order chi connectivity index (χ0) is 38.7. The average molecular weight is 871 g/mol. The van der Waals surface area contributed by atoms with Crippen LogP contribution in [-0.2, 0) is 38.5 Å². The topological polar surface area (TPSA) is 0 Å². The van der Waals surface area contributed by atoms with Crippen LogP contribution in [-0.4, -0.2) is 3.21 Å². The monoisotopic (exact) mass is 868 g/mol. The van der Waals surface area contributed by atoms with Gasteiger partial charge in [-0.2, -0.15) is 0 Å². The van der Waals surface area contributed by atoms with Gasteiger partial charge >= 0.3 is 342 Å². The molecule has 1 fully saturated rings. The van der Waals surface area contributed by atoms with Gasteiger partial charge < -0.3 is 24.8 Å². The molecule has 3 heteroatoms. The molecule has 0 N–H and O–H groups in total. The molecule has 1 saturated carbocycles. The van der Waals surface area contributed by atoms with Crippen molar-refractivity contribution in [1.82, 2.24) is 0 Å². The molecule has 0 spiro atoms. The molecule has 0 bridgehead atoms. The Morgan fingerprint density at radius 3 is 1.77 bits per heavy atom. The molecule has 294 valence electrons. The number of fused-ring (bicyclic) bond motifs is 3. The molecule has 0 saturated heterocycles. The number of rotatable bonds is 6. The Balaban J connectivity index is 0.00000275. The summed E-state index contributed by atoms with van der Waals surface area (Å²) in [6.45, 7) is 22.1. The maximum atomic E-state index is 2.77. The van der Waals surface area contributed by atoms with Gasteiger partial charge in [0.2, 0.25) is 0 Å². The first-order valence-electron chi connectivity index (χ1n) is 20.9. The molecule has 1 atom stereocenters. The van der Waals surface area contributed by atoms with Crippen molar-refractivity contribution in [3.05, 3.63) is 158 Å². The smallest absolute Gasteiger partial charge is 1.00 e. The number of halogens is 2. The second-order valence-electron chi connectivity index (χ2n) is 19.2. The van der Waals surface area contributed by atoms with Gasteiger partial charge in [-0.25, -0.2) is 0 Å². The van der Waals surface area contributed by atoms with Gasteiger partial charge in [-0.3, -0.25) is 0 Å². The summed E-state index contributed by atoms with van der Waals surface area (Å²) in [6, 6.07) is 41.9. The van der Waals surface area contributed by atoms with Gasteiger partial charge in [-0.1, -0.05) is 0 Å². The average Bonchev–Trinajstić information content (AvgIpc) is 3.75. The van der Waals surface area contributed by atoms with Crippen LogP contribution in [0.25, 0.3) is 33.4 Å². The fourth-order valence-corrected chi connectivity index (χ4v) is 18.5. The van der Waals surface area contributed by atoms with E-state index in [9.17, 15) is 0 Å². The first-order chi connectivity index (χ1) is 26.2. The van der Waals surface area contributed by atoms with Gasteiger partial charge in [0, 0.05) is 0 Å². The van der Waals surface area contributed by atoms with Crippen LogP contribution < -0.4 is 28.1 Å². The number of hydrogen-bond acceptors (Lipinski definition) is 0. The van der Waals surface area contributed by atoms with Crippen LogP contribution in [0, 0.1) is 11.3 Å². The van der Waals surface area contributed by atoms with Crippen LogP contribution in [0.1, 0.15) is 122 Å². The first-order valence-corrected chi connectivity index (χ1v) is 24.6. The second-order valence-corrected chi connectivity index (χ2v) is 25.5. The molecule has 0 amide bonds. The molecule has 3 aliphatic rings. The molecule has 5 aromatic carbocycles. The molecule has 0 nitrogen and oxygen atoms in total. The molecular weight excluding hydrogens is 811 g/mol. The summed E-state index contributed by atoms with van der Waals surface area (Å²) in [5.41, 5.74) is 17.8. The third-order valence-electron chi connectivity index (χ3n) is 13.1. The quantitative estimate of drug-likeness (QED) is 0.159. The van der Waals surface area contributed by atoms with Gasteiger partial charge in [0.25, 0.3) is 0 Å². The minimum atomic E-state index is -2.92. The summed E-state index contributed by atoms with van der Waals surface area (Å²) in [5.74, 6) is 0.445. The van der Waals surface area contributed by atoms with Crippen molar-refractivity contribution in [2.24, 2.45) is 11.3 Å². The van der Waals surface area contributed by atoms with E-state index in [0.717, 1.165) is 6.42 Å². The fraction of sp³-hybridized carbons (Fsp3) is 0.352. The van der Waals surface area contributed by atoms with E-state index in [1.54, 1.807) is 20.9 Å². The van der Waals surface area contributed by atoms with E-state index >= 15 is 0 Å². The van der Waals surface area contributed by atoms with E-state index in [1.165, 1.54) is 87.7 Å². The first kappa shape index (κ1) is 43.5. The summed E-state index contributed by atoms with van der Waals surface area (Å²) < 4.78 is 5.12. The maximum absolute atomic E-state index is 2.92. The van der Waals surface area contributed by atoms with Gasteiger partial charge in [0.1, 0.15) is 0 Å². The Morgan fingerprint density at radius 2 is 1.19 bits per heavy atom. The van der Waals surface area contributed by atoms with Crippen molar-refractivity contribution in [2.75, 3.05) is 0 Å². The molecular formula is C54H60Cl2Zr. The number of allylic oxidation sites excluding steroid dienone is 4. The van der Waals surface area contributed by atoms with Crippen LogP contribution in [0.4, 0.5) is 0 Å². The molecule has 0 heterocycles. The van der Waals surface area contributed by atoms with E-state index in [2.05, 4.69) is 184 Å². The third-order valence-corrected chi connectivity index (χ3v) is 21.1. The largest absolute Gasteiger partial charge is 1.00 e. The summed E-state index contributed by atoms with van der Waals surface area (Å²) in [7, 11) is 0. The van der Waals surface area contributed by atoms with E-state index in [-0.39, 0.29) is 41.1 Å². The summed E-state index contributed by atoms with van der Waals surface area (Å²) >= 11 is -2.92. The molecule has 3 aliphatic carbocycles. The predicted molar refractivity (Wildman–Crippen MR) is 235 cm³/mol. The third kappa shape index (κ3) is 8.25. The van der Waals surface area contributed by atoms with Crippen LogP contribution in [0.2, 0.25) is 0 Å². The van der Waals surface area contributed by atoms with Crippen molar-refractivity contribution < 1.29 is 46.1 Å². The van der Waals surface area contributed by atoms with Crippen LogP contribution in [0.15, 0.2) is 130 Å². The summed E-state index contributed by atoms with van der Waals surface area (Å²) in [6.07, 6.45) is 13.2. The zero-order valence-electron chi connectivity index (χ0n) is 35.6. The molecule has 1 unspecified atom stereocenters. The Morgan fingerprint density at radius 1 is 0.649 bits per heavy atom. The second kappa shape index (κ2) is 16.9. The minimum Gasteiger partial charge on any atom is -1.00 e. The molecule has 0 aromatic heterocycles. The normalized spacial score (nSPS) is 17.4. The SMILES string of the molecule is C/[C](c1ccccc1)=[Zr+2](\[C]1=CC(C2(C)CCCCC2)=CC1C)[c]1c2c(cc(C(C)(C)C)c1-c1ccccc1)-c1cc(C(C)(C)C)c(-c3ccccc3)cc1C2.[Cl-].[Cl-]. The summed E-state index contributed by atoms with van der Waals surface area (Å²) in [4.78, 5) is 0. The van der Waals surface area contributed by atoms with Gasteiger partial charge in [0.05, 0.1) is 0 Å². The Bertz CT molecular complexity index is 2340. The molecule has 0 aliphatic heterocycles. The maximum Gasteiger partial charge on any atom is -1.00 e. The number of hydrogen-bond donors (Lipinski definition) is 0. The molecule has 0 radical (unpaired) electrons. The standard InChI is InChI=1S/C33H33.C13H19.C8H8.2ClH.Zr/c1-32(2,3)30-20-26-24(18-28(30)22-13-9-7-10-14-22)17-25-19-29(23-15-11-8-12-16-23)31(21-27(25)26)33(4,5)6;1-11-6-7-12(10-11)13(2)8-4-3-5-9-13;1-2-8-6-4-3-5-7-8;;;/h7-16,18,20-21H,17H2,1-6H3;7,10-11H,3-5,8-9H2,1-2H3;3-7H,1H3;2*1H;/q;;;;;+2/p-2. The molecule has 5 aromatic rings. The van der Waals surface area contributed by atoms with Crippen molar-refractivity contribution in [3.63, 3.8) is 0 Å². The number of benzene rings is 5. The van der Waals surface area contributed by atoms with Crippen molar-refractivity contribution in [2.45, 2.75) is 112 Å². The van der Waals surface area contributed by atoms with E-state index in [1.807, 2.05) is 0 Å². The van der Waals surface area contributed by atoms with Crippen molar-refractivity contribution in [3.8, 4) is 33.4 Å². The van der Waals surface area contributed by atoms with E-state index < -0.39 is 21.3 Å². The fourth-order valence-electron chi connectivity index (χ4n) is 10.0. The molecule has 8 rings (SSSR count). The van der Waals surface area contributed by atoms with Crippen molar-refractivity contribution in [1.29, 1.82) is 0 Å². The Hall–Kier alpha value is -3.09. The minimum absolute atomic E-state index is 0. The van der Waals surface area contributed by atoms with Gasteiger partial charge in [-0.15, -0.1) is 0 Å². The van der Waals surface area contributed by atoms with Crippen molar-refractivity contribution >= 4 is 6.48 Å². The van der Waals surface area contributed by atoms with Crippen LogP contribution >= 0.6 is 0 Å². The zero-order valence-corrected chi connectivity index (χ0v) is 39.6. The Kier molecular flexibility index (Phi) is 12.9. The van der Waals surface area contributed by atoms with E-state index in [4.69, 9.17) is 0 Å². The predicted octanol–water partition coefficient (Wildman–Crippen LogP) is 8.11. The molecule has 57 heavy (non-hydrogen) atoms. The van der Waals surface area contributed by atoms with Gasteiger partial charge in [0.15, 0.2) is 0 Å². The van der Waals surface area contributed by atoms with Crippen LogP contribution in [0.5, 0.6) is 0 Å². The van der Waals surface area contributed by atoms with Gasteiger partial charge in [-0.05, 0) is 0 Å². The Labute approximate surface area is 364 Å². The van der Waals surface area contributed by atoms with Crippen LogP contribution in [0.3, 0.4) is 0 Å².